The van der Waals surface area contributed by atoms with Crippen LogP contribution < -0.4 is 4.74 Å². The minimum atomic E-state index is -1.11. The number of nitro benzene ring substituents is 1. The molecule has 20 heavy (non-hydrogen) atoms. The minimum Gasteiger partial charge on any atom is -0.489 e. The van der Waals surface area contributed by atoms with E-state index in [1.54, 1.807) is 0 Å². The van der Waals surface area contributed by atoms with Crippen LogP contribution in [0.5, 0.6) is 5.75 Å². The van der Waals surface area contributed by atoms with E-state index < -0.39 is 22.2 Å². The van der Waals surface area contributed by atoms with Gasteiger partial charge in [0.1, 0.15) is 6.61 Å². The van der Waals surface area contributed by atoms with E-state index in [2.05, 4.69) is 4.90 Å². The van der Waals surface area contributed by atoms with Crippen LogP contribution in [0.4, 0.5) is 14.5 Å². The monoisotopic (exact) mass is 288 g/mol. The lowest BCUT2D eigenvalue weighted by molar-refractivity contribution is -0.387. The van der Waals surface area contributed by atoms with E-state index in [9.17, 15) is 18.9 Å². The molecule has 1 aliphatic heterocycles. The van der Waals surface area contributed by atoms with Crippen LogP contribution in [0, 0.1) is 21.7 Å². The second kappa shape index (κ2) is 6.58. The van der Waals surface area contributed by atoms with Crippen LogP contribution in [0.25, 0.3) is 0 Å². The lowest BCUT2D eigenvalue weighted by atomic mass is 10.3. The molecular formula is C12H14F2N2O4. The summed E-state index contributed by atoms with van der Waals surface area (Å²) in [4.78, 5) is 11.5. The summed E-state index contributed by atoms with van der Waals surface area (Å²) in [6.45, 7) is 3.54. The first-order valence-electron chi connectivity index (χ1n) is 6.14. The Hall–Kier alpha value is -1.80. The molecule has 0 radical (unpaired) electrons. The van der Waals surface area contributed by atoms with E-state index in [0.29, 0.717) is 31.9 Å². The van der Waals surface area contributed by atoms with Crippen LogP contribution in [-0.4, -0.2) is 49.3 Å². The maximum Gasteiger partial charge on any atom is 0.307 e. The molecule has 0 amide bonds. The second-order valence-corrected chi connectivity index (χ2v) is 4.29. The Morgan fingerprint density at radius 1 is 1.30 bits per heavy atom. The third-order valence-corrected chi connectivity index (χ3v) is 2.97. The highest BCUT2D eigenvalue weighted by molar-refractivity contribution is 5.39. The first-order chi connectivity index (χ1) is 9.58. The van der Waals surface area contributed by atoms with Gasteiger partial charge in [-0.15, -0.1) is 0 Å². The SMILES string of the molecule is O=[N+]([O-])c1cc(F)c(OCCN2CCOCC2)cc1F. The van der Waals surface area contributed by atoms with Crippen LogP contribution in [0.3, 0.4) is 0 Å². The maximum absolute atomic E-state index is 13.5. The average molecular weight is 288 g/mol. The quantitative estimate of drug-likeness (QED) is 0.608. The first-order valence-corrected chi connectivity index (χ1v) is 6.14. The molecule has 1 heterocycles. The highest BCUT2D eigenvalue weighted by atomic mass is 19.1. The van der Waals surface area contributed by atoms with Gasteiger partial charge < -0.3 is 9.47 Å². The molecule has 0 unspecified atom stereocenters. The van der Waals surface area contributed by atoms with Gasteiger partial charge >= 0.3 is 5.69 Å². The molecule has 1 aromatic rings. The molecule has 0 bridgehead atoms. The lowest BCUT2D eigenvalue weighted by Crippen LogP contribution is -2.38. The zero-order valence-corrected chi connectivity index (χ0v) is 10.7. The lowest BCUT2D eigenvalue weighted by Gasteiger charge is -2.26. The van der Waals surface area contributed by atoms with Crippen molar-refractivity contribution in [3.05, 3.63) is 33.9 Å². The molecule has 1 aliphatic rings. The fraction of sp³-hybridized carbons (Fsp3) is 0.500. The van der Waals surface area contributed by atoms with Crippen molar-refractivity contribution in [2.45, 2.75) is 0 Å². The molecule has 2 rings (SSSR count). The van der Waals surface area contributed by atoms with Gasteiger partial charge in [0.2, 0.25) is 5.82 Å². The maximum atomic E-state index is 13.5. The van der Waals surface area contributed by atoms with E-state index >= 15 is 0 Å². The van der Waals surface area contributed by atoms with Gasteiger partial charge in [0.05, 0.1) is 24.2 Å². The van der Waals surface area contributed by atoms with Crippen molar-refractivity contribution < 1.29 is 23.2 Å². The first kappa shape index (κ1) is 14.6. The number of morpholine rings is 1. The molecule has 0 saturated carbocycles. The smallest absolute Gasteiger partial charge is 0.307 e. The molecular weight excluding hydrogens is 274 g/mol. The summed E-state index contributed by atoms with van der Waals surface area (Å²) in [6, 6.07) is 1.23. The zero-order valence-electron chi connectivity index (χ0n) is 10.7. The molecule has 0 aliphatic carbocycles. The standard InChI is InChI=1S/C12H14F2N2O4/c13-9-8-12(10(14)7-11(9)16(17)18)20-6-3-15-1-4-19-5-2-15/h7-8H,1-6H2. The van der Waals surface area contributed by atoms with Crippen LogP contribution >= 0.6 is 0 Å². The number of rotatable bonds is 5. The van der Waals surface area contributed by atoms with Crippen LogP contribution in [-0.2, 0) is 4.74 Å². The number of ether oxygens (including phenoxy) is 2. The van der Waals surface area contributed by atoms with Gasteiger partial charge in [0.25, 0.3) is 0 Å². The average Bonchev–Trinajstić information content (AvgIpc) is 2.43. The molecule has 0 spiro atoms. The van der Waals surface area contributed by atoms with E-state index in [0.717, 1.165) is 13.1 Å². The molecule has 0 aromatic heterocycles. The third kappa shape index (κ3) is 3.61. The number of nitro groups is 1. The molecule has 110 valence electrons. The Bertz CT molecular complexity index is 493. The van der Waals surface area contributed by atoms with Crippen molar-refractivity contribution >= 4 is 5.69 Å². The number of benzene rings is 1. The molecule has 6 nitrogen and oxygen atoms in total. The second-order valence-electron chi connectivity index (χ2n) is 4.29. The van der Waals surface area contributed by atoms with Crippen molar-refractivity contribution in [2.24, 2.45) is 0 Å². The Morgan fingerprint density at radius 2 is 2.00 bits per heavy atom. The molecule has 0 atom stereocenters. The highest BCUT2D eigenvalue weighted by Gasteiger charge is 2.19. The summed E-state index contributed by atoms with van der Waals surface area (Å²) in [5.41, 5.74) is -0.900. The summed E-state index contributed by atoms with van der Waals surface area (Å²) < 4.78 is 37.2. The Labute approximate surface area is 114 Å². The van der Waals surface area contributed by atoms with Gasteiger partial charge in [0, 0.05) is 25.7 Å². The number of hydrogen-bond donors (Lipinski definition) is 0. The van der Waals surface area contributed by atoms with Gasteiger partial charge in [-0.05, 0) is 0 Å². The summed E-state index contributed by atoms with van der Waals surface area (Å²) in [5.74, 6) is -2.38. The molecule has 0 N–H and O–H groups in total. The Morgan fingerprint density at radius 3 is 2.65 bits per heavy atom. The topological polar surface area (TPSA) is 64.8 Å². The van der Waals surface area contributed by atoms with Crippen molar-refractivity contribution in [1.82, 2.24) is 4.90 Å². The van der Waals surface area contributed by atoms with Gasteiger partial charge in [0.15, 0.2) is 11.6 Å². The minimum absolute atomic E-state index is 0.175. The Kier molecular flexibility index (Phi) is 4.80. The number of halogens is 2. The Balaban J connectivity index is 1.92. The summed E-state index contributed by atoms with van der Waals surface area (Å²) in [5, 5.41) is 10.4. The summed E-state index contributed by atoms with van der Waals surface area (Å²) in [7, 11) is 0. The third-order valence-electron chi connectivity index (χ3n) is 2.97. The molecule has 1 saturated heterocycles. The van der Waals surface area contributed by atoms with Gasteiger partial charge in [-0.3, -0.25) is 15.0 Å². The van der Waals surface area contributed by atoms with E-state index in [4.69, 9.17) is 9.47 Å². The highest BCUT2D eigenvalue weighted by Crippen LogP contribution is 2.26. The molecule has 8 heteroatoms. The van der Waals surface area contributed by atoms with Crippen molar-refractivity contribution in [3.63, 3.8) is 0 Å². The largest absolute Gasteiger partial charge is 0.489 e. The van der Waals surface area contributed by atoms with Gasteiger partial charge in [-0.2, -0.15) is 4.39 Å². The van der Waals surface area contributed by atoms with Crippen LogP contribution in [0.15, 0.2) is 12.1 Å². The summed E-state index contributed by atoms with van der Waals surface area (Å²) >= 11 is 0. The van der Waals surface area contributed by atoms with Crippen molar-refractivity contribution in [2.75, 3.05) is 39.5 Å². The van der Waals surface area contributed by atoms with Crippen LogP contribution in [0.1, 0.15) is 0 Å². The van der Waals surface area contributed by atoms with Gasteiger partial charge in [-0.1, -0.05) is 0 Å². The fourth-order valence-corrected chi connectivity index (χ4v) is 1.88. The van der Waals surface area contributed by atoms with Gasteiger partial charge in [-0.25, -0.2) is 4.39 Å². The zero-order chi connectivity index (χ0) is 14.5. The van der Waals surface area contributed by atoms with E-state index in [1.807, 2.05) is 0 Å². The van der Waals surface area contributed by atoms with Crippen molar-refractivity contribution in [1.29, 1.82) is 0 Å². The molecule has 1 aromatic carbocycles. The number of nitrogens with zero attached hydrogens (tertiary/aromatic N) is 2. The predicted octanol–water partition coefficient (Wildman–Crippen LogP) is 1.58. The van der Waals surface area contributed by atoms with E-state index in [1.165, 1.54) is 0 Å². The number of hydrogen-bond acceptors (Lipinski definition) is 5. The predicted molar refractivity (Wildman–Crippen MR) is 65.8 cm³/mol. The summed E-state index contributed by atoms with van der Waals surface area (Å²) in [6.07, 6.45) is 0. The van der Waals surface area contributed by atoms with Crippen LogP contribution in [0.2, 0.25) is 0 Å². The fourth-order valence-electron chi connectivity index (χ4n) is 1.88. The normalized spacial score (nSPS) is 16.1. The van der Waals surface area contributed by atoms with Crippen molar-refractivity contribution in [3.8, 4) is 5.75 Å². The van der Waals surface area contributed by atoms with E-state index in [-0.39, 0.29) is 12.4 Å². The molecule has 1 fully saturated rings.